The van der Waals surface area contributed by atoms with E-state index in [4.69, 9.17) is 9.84 Å². The fourth-order valence-corrected chi connectivity index (χ4v) is 2.32. The van der Waals surface area contributed by atoms with Crippen LogP contribution in [0, 0.1) is 11.6 Å². The maximum atomic E-state index is 13.5. The van der Waals surface area contributed by atoms with Crippen LogP contribution in [-0.2, 0) is 22.4 Å². The fourth-order valence-electron chi connectivity index (χ4n) is 2.32. The predicted octanol–water partition coefficient (Wildman–Crippen LogP) is 2.72. The molecule has 7 heteroatoms. The molecule has 2 rings (SSSR count). The van der Waals surface area contributed by atoms with Crippen molar-refractivity contribution < 1.29 is 28.2 Å². The van der Waals surface area contributed by atoms with Crippen LogP contribution in [0.2, 0.25) is 0 Å². The Hall–Kier alpha value is -2.96. The predicted molar refractivity (Wildman–Crippen MR) is 91.0 cm³/mol. The molecule has 26 heavy (non-hydrogen) atoms. The second kappa shape index (κ2) is 9.50. The second-order valence-electron chi connectivity index (χ2n) is 5.66. The molecule has 0 fully saturated rings. The van der Waals surface area contributed by atoms with E-state index in [1.165, 1.54) is 0 Å². The zero-order valence-electron chi connectivity index (χ0n) is 14.0. The summed E-state index contributed by atoms with van der Waals surface area (Å²) in [6.07, 6.45) is 0.784. The van der Waals surface area contributed by atoms with Crippen LogP contribution in [0.4, 0.5) is 8.78 Å². The van der Waals surface area contributed by atoms with Gasteiger partial charge in [-0.05, 0) is 54.3 Å². The maximum Gasteiger partial charge on any atom is 0.341 e. The normalized spacial score (nSPS) is 10.4. The van der Waals surface area contributed by atoms with Gasteiger partial charge in [-0.25, -0.2) is 13.6 Å². The fraction of sp³-hybridized carbons (Fsp3) is 0.263. The minimum Gasteiger partial charge on any atom is -0.482 e. The first-order valence-corrected chi connectivity index (χ1v) is 8.08. The number of halogens is 2. The zero-order valence-corrected chi connectivity index (χ0v) is 14.0. The number of ether oxygens (including phenoxy) is 1. The van der Waals surface area contributed by atoms with Gasteiger partial charge in [-0.15, -0.1) is 0 Å². The summed E-state index contributed by atoms with van der Waals surface area (Å²) in [5.74, 6) is -1.88. The van der Waals surface area contributed by atoms with Gasteiger partial charge in [0, 0.05) is 13.0 Å². The van der Waals surface area contributed by atoms with Crippen molar-refractivity contribution in [3.63, 3.8) is 0 Å². The second-order valence-corrected chi connectivity index (χ2v) is 5.66. The average molecular weight is 363 g/mol. The number of hydrogen-bond acceptors (Lipinski definition) is 3. The lowest BCUT2D eigenvalue weighted by Crippen LogP contribution is -2.26. The number of benzene rings is 2. The standard InChI is InChI=1S/C19H19F2NO4/c20-15-4-7-17(21)14(11-15)3-8-18(23)22-10-9-13-1-5-16(6-2-13)26-12-19(24)25/h1-2,4-7,11H,3,8-10,12H2,(H,22,23)(H,24,25). The van der Waals surface area contributed by atoms with E-state index in [2.05, 4.69) is 5.32 Å². The molecule has 0 aliphatic heterocycles. The minimum atomic E-state index is -1.05. The van der Waals surface area contributed by atoms with Crippen LogP contribution in [0.15, 0.2) is 42.5 Å². The zero-order chi connectivity index (χ0) is 18.9. The highest BCUT2D eigenvalue weighted by Crippen LogP contribution is 2.13. The van der Waals surface area contributed by atoms with Crippen LogP contribution in [-0.4, -0.2) is 30.1 Å². The molecule has 2 N–H and O–H groups in total. The summed E-state index contributed by atoms with van der Waals surface area (Å²) < 4.78 is 31.6. The highest BCUT2D eigenvalue weighted by Gasteiger charge is 2.07. The van der Waals surface area contributed by atoms with Gasteiger partial charge in [0.05, 0.1) is 0 Å². The maximum absolute atomic E-state index is 13.5. The molecular weight excluding hydrogens is 344 g/mol. The number of aliphatic carboxylic acids is 1. The van der Waals surface area contributed by atoms with Crippen molar-refractivity contribution in [1.82, 2.24) is 5.32 Å². The molecule has 0 aliphatic rings. The van der Waals surface area contributed by atoms with Gasteiger partial charge in [-0.2, -0.15) is 0 Å². The number of carboxylic acid groups (broad SMARTS) is 1. The molecule has 0 saturated carbocycles. The van der Waals surface area contributed by atoms with Gasteiger partial charge >= 0.3 is 5.97 Å². The lowest BCUT2D eigenvalue weighted by molar-refractivity contribution is -0.139. The van der Waals surface area contributed by atoms with E-state index in [-0.39, 0.29) is 24.3 Å². The molecule has 0 aliphatic carbocycles. The highest BCUT2D eigenvalue weighted by atomic mass is 19.1. The molecule has 0 aromatic heterocycles. The largest absolute Gasteiger partial charge is 0.482 e. The van der Waals surface area contributed by atoms with Crippen molar-refractivity contribution in [3.8, 4) is 5.75 Å². The molecule has 2 aromatic carbocycles. The molecule has 0 bridgehead atoms. The number of amides is 1. The van der Waals surface area contributed by atoms with Crippen LogP contribution >= 0.6 is 0 Å². The molecule has 0 radical (unpaired) electrons. The van der Waals surface area contributed by atoms with E-state index in [0.29, 0.717) is 18.7 Å². The molecule has 0 saturated heterocycles. The number of hydrogen-bond donors (Lipinski definition) is 2. The van der Waals surface area contributed by atoms with E-state index in [0.717, 1.165) is 23.8 Å². The molecule has 1 amide bonds. The van der Waals surface area contributed by atoms with Crippen molar-refractivity contribution in [2.24, 2.45) is 0 Å². The van der Waals surface area contributed by atoms with Gasteiger partial charge in [0.15, 0.2) is 6.61 Å². The summed E-state index contributed by atoms with van der Waals surface area (Å²) in [5.41, 5.74) is 1.13. The van der Waals surface area contributed by atoms with Crippen LogP contribution in [0.1, 0.15) is 17.5 Å². The van der Waals surface area contributed by atoms with Gasteiger partial charge in [-0.3, -0.25) is 4.79 Å². The first-order chi connectivity index (χ1) is 12.4. The Morgan fingerprint density at radius 2 is 1.77 bits per heavy atom. The summed E-state index contributed by atoms with van der Waals surface area (Å²) in [4.78, 5) is 22.2. The third-order valence-electron chi connectivity index (χ3n) is 3.65. The van der Waals surface area contributed by atoms with E-state index < -0.39 is 24.2 Å². The number of carbonyl (C=O) groups excluding carboxylic acids is 1. The number of aryl methyl sites for hydroxylation is 1. The minimum absolute atomic E-state index is 0.0718. The third kappa shape index (κ3) is 6.51. The first kappa shape index (κ1) is 19.4. The molecule has 0 spiro atoms. The number of rotatable bonds is 9. The quantitative estimate of drug-likeness (QED) is 0.718. The van der Waals surface area contributed by atoms with Crippen molar-refractivity contribution in [2.75, 3.05) is 13.2 Å². The molecule has 0 unspecified atom stereocenters. The Kier molecular flexibility index (Phi) is 7.08. The summed E-state index contributed by atoms with van der Waals surface area (Å²) in [6, 6.07) is 10.1. The Morgan fingerprint density at radius 3 is 2.46 bits per heavy atom. The summed E-state index contributed by atoms with van der Waals surface area (Å²) in [7, 11) is 0. The summed E-state index contributed by atoms with van der Waals surface area (Å²) in [5, 5.41) is 11.3. The SMILES string of the molecule is O=C(O)COc1ccc(CCNC(=O)CCc2cc(F)ccc2F)cc1. The molecule has 5 nitrogen and oxygen atoms in total. The smallest absolute Gasteiger partial charge is 0.341 e. The van der Waals surface area contributed by atoms with Crippen molar-refractivity contribution in [1.29, 1.82) is 0 Å². The van der Waals surface area contributed by atoms with Gasteiger partial charge in [0.25, 0.3) is 0 Å². The van der Waals surface area contributed by atoms with Crippen LogP contribution in [0.5, 0.6) is 5.75 Å². The van der Waals surface area contributed by atoms with Gasteiger partial charge in [0.2, 0.25) is 5.91 Å². The van der Waals surface area contributed by atoms with E-state index in [1.807, 2.05) is 0 Å². The Balaban J connectivity index is 1.71. The van der Waals surface area contributed by atoms with Gasteiger partial charge in [-0.1, -0.05) is 12.1 Å². The van der Waals surface area contributed by atoms with Crippen LogP contribution < -0.4 is 10.1 Å². The van der Waals surface area contributed by atoms with Crippen molar-refractivity contribution >= 4 is 11.9 Å². The van der Waals surface area contributed by atoms with Crippen molar-refractivity contribution in [2.45, 2.75) is 19.3 Å². The molecule has 0 atom stereocenters. The topological polar surface area (TPSA) is 75.6 Å². The Bertz CT molecular complexity index is 763. The number of carbonyl (C=O) groups is 2. The van der Waals surface area contributed by atoms with Crippen molar-refractivity contribution in [3.05, 3.63) is 65.2 Å². The first-order valence-electron chi connectivity index (χ1n) is 8.08. The van der Waals surface area contributed by atoms with Gasteiger partial charge in [0.1, 0.15) is 17.4 Å². The monoisotopic (exact) mass is 363 g/mol. The Morgan fingerprint density at radius 1 is 1.04 bits per heavy atom. The molecule has 138 valence electrons. The summed E-state index contributed by atoms with van der Waals surface area (Å²) in [6.45, 7) is 0.00110. The van der Waals surface area contributed by atoms with E-state index in [1.54, 1.807) is 24.3 Å². The van der Waals surface area contributed by atoms with E-state index >= 15 is 0 Å². The Labute approximate surface area is 149 Å². The van der Waals surface area contributed by atoms with Gasteiger partial charge < -0.3 is 15.2 Å². The molecule has 2 aromatic rings. The van der Waals surface area contributed by atoms with E-state index in [9.17, 15) is 18.4 Å². The summed E-state index contributed by atoms with van der Waals surface area (Å²) >= 11 is 0. The average Bonchev–Trinajstić information content (AvgIpc) is 2.61. The lowest BCUT2D eigenvalue weighted by Gasteiger charge is -2.07. The number of carboxylic acids is 1. The number of nitrogens with one attached hydrogen (secondary N) is 1. The van der Waals surface area contributed by atoms with Crippen LogP contribution in [0.3, 0.4) is 0 Å². The highest BCUT2D eigenvalue weighted by molar-refractivity contribution is 5.76. The van der Waals surface area contributed by atoms with Crippen LogP contribution in [0.25, 0.3) is 0 Å². The third-order valence-corrected chi connectivity index (χ3v) is 3.65. The lowest BCUT2D eigenvalue weighted by atomic mass is 10.1. The molecule has 0 heterocycles. The molecular formula is C19H19F2NO4.